The summed E-state index contributed by atoms with van der Waals surface area (Å²) in [5.74, 6) is -1.97. The van der Waals surface area contributed by atoms with Crippen molar-refractivity contribution in [3.63, 3.8) is 0 Å². The number of aliphatic imine (C=N–C) groups is 2. The van der Waals surface area contributed by atoms with Crippen molar-refractivity contribution in [2.24, 2.45) is 9.98 Å². The summed E-state index contributed by atoms with van der Waals surface area (Å²) >= 11 is 0.732. The zero-order valence-corrected chi connectivity index (χ0v) is 22.6. The smallest absolute Gasteiger partial charge is 0.161 e. The first-order valence-electron chi connectivity index (χ1n) is 24.0. The van der Waals surface area contributed by atoms with Crippen molar-refractivity contribution in [3.05, 3.63) is 156 Å². The van der Waals surface area contributed by atoms with Gasteiger partial charge in [0.1, 0.15) is 11.2 Å². The molecule has 8 aromatic rings. The molecule has 0 saturated carbocycles. The Morgan fingerprint density at radius 1 is 0.682 bits per heavy atom. The zero-order chi connectivity index (χ0) is 49.5. The van der Waals surface area contributed by atoms with E-state index in [-0.39, 0.29) is 25.7 Å². The number of nitrogens with zero attached hydrogens (tertiary/aromatic N) is 2. The van der Waals surface area contributed by atoms with E-state index >= 15 is 0 Å². The van der Waals surface area contributed by atoms with E-state index in [0.29, 0.717) is 0 Å². The standard InChI is InChI=1S/C39H25N3OS/c40-38(26-13-5-2-6-14-26)42-39(41-24-28-15-9-18-31-30-16-7-8-20-35(30)44-37(28)31)27-21-22-32-34(23-27)43-33-19-10-17-29(36(32)33)25-11-3-1-4-12-25/h1-24,40H/i1D,2D,3D,4D,5D,6D,7D,8D,9D,10D,11D,12D,13D,14D,15D,16D,17D,18D,19D,20D,21D,22D,23D. The Bertz CT molecular complexity index is 3650. The van der Waals surface area contributed by atoms with Crippen LogP contribution >= 0.6 is 11.3 Å². The molecule has 0 spiro atoms. The van der Waals surface area contributed by atoms with E-state index in [1.165, 1.54) is 0 Å². The molecular formula is C39H25N3OS. The van der Waals surface area contributed by atoms with Crippen LogP contribution in [0.5, 0.6) is 0 Å². The third-order valence-electron chi connectivity index (χ3n) is 6.28. The Hall–Kier alpha value is -5.65. The van der Waals surface area contributed by atoms with Crippen LogP contribution < -0.4 is 0 Å². The summed E-state index contributed by atoms with van der Waals surface area (Å²) < 4.78 is 203. The van der Waals surface area contributed by atoms with Crippen molar-refractivity contribution in [2.75, 3.05) is 0 Å². The maximum Gasteiger partial charge on any atom is 0.161 e. The molecule has 2 aromatic heterocycles. The fraction of sp³-hybridized carbons (Fsp3) is 0. The lowest BCUT2D eigenvalue weighted by Crippen LogP contribution is -2.04. The van der Waals surface area contributed by atoms with Gasteiger partial charge in [-0.3, -0.25) is 5.41 Å². The Labute approximate surface area is 290 Å². The minimum absolute atomic E-state index is 0.0366. The highest BCUT2D eigenvalue weighted by atomic mass is 32.1. The maximum atomic E-state index is 9.42. The minimum atomic E-state index is -1.08. The summed E-state index contributed by atoms with van der Waals surface area (Å²) in [6.07, 6.45) is 0.852. The molecular weight excluding hydrogens is 559 g/mol. The fourth-order valence-electron chi connectivity index (χ4n) is 4.37. The van der Waals surface area contributed by atoms with Crippen LogP contribution in [-0.2, 0) is 0 Å². The first-order chi connectivity index (χ1) is 31.3. The van der Waals surface area contributed by atoms with Gasteiger partial charge in [-0.15, -0.1) is 11.3 Å². The Morgan fingerprint density at radius 3 is 2.30 bits per heavy atom. The highest BCUT2D eigenvalue weighted by molar-refractivity contribution is 7.26. The number of rotatable bonds is 4. The second-order valence-electron chi connectivity index (χ2n) is 8.85. The monoisotopic (exact) mass is 606 g/mol. The molecule has 208 valence electrons. The Balaban J connectivity index is 1.49. The third kappa shape index (κ3) is 4.60. The van der Waals surface area contributed by atoms with E-state index in [4.69, 9.17) is 37.2 Å². The molecule has 2 heterocycles. The van der Waals surface area contributed by atoms with Crippen LogP contribution in [0.1, 0.15) is 48.2 Å². The molecule has 8 rings (SSSR count). The van der Waals surface area contributed by atoms with Crippen molar-refractivity contribution in [1.29, 1.82) is 5.41 Å². The lowest BCUT2D eigenvalue weighted by Gasteiger charge is -2.05. The van der Waals surface area contributed by atoms with E-state index in [9.17, 15) is 4.11 Å². The van der Waals surface area contributed by atoms with E-state index in [0.717, 1.165) is 17.6 Å². The van der Waals surface area contributed by atoms with Gasteiger partial charge in [-0.1, -0.05) is 115 Å². The van der Waals surface area contributed by atoms with Gasteiger partial charge >= 0.3 is 0 Å². The van der Waals surface area contributed by atoms with E-state index in [1.54, 1.807) is 0 Å². The molecule has 44 heavy (non-hydrogen) atoms. The molecule has 1 N–H and O–H groups in total. The van der Waals surface area contributed by atoms with E-state index in [1.807, 2.05) is 0 Å². The number of thiophene rings is 1. The van der Waals surface area contributed by atoms with E-state index < -0.39 is 195 Å². The average molecular weight is 607 g/mol. The molecule has 0 aliphatic rings. The predicted molar refractivity (Wildman–Crippen MR) is 186 cm³/mol. The van der Waals surface area contributed by atoms with Crippen molar-refractivity contribution < 1.29 is 35.9 Å². The molecule has 0 aliphatic carbocycles. The number of fused-ring (bicyclic) bond motifs is 6. The number of hydrogen-bond acceptors (Lipinski definition) is 3. The van der Waals surface area contributed by atoms with E-state index in [2.05, 4.69) is 9.98 Å². The quantitative estimate of drug-likeness (QED) is 0.157. The first kappa shape index (κ1) is 11.5. The van der Waals surface area contributed by atoms with Gasteiger partial charge in [0.25, 0.3) is 0 Å². The Kier molecular flexibility index (Phi) is 2.83. The number of nitrogens with one attached hydrogen (secondary N) is 1. The number of amidine groups is 2. The van der Waals surface area contributed by atoms with Crippen LogP contribution in [-0.4, -0.2) is 17.9 Å². The number of furan rings is 1. The molecule has 4 nitrogen and oxygen atoms in total. The van der Waals surface area contributed by atoms with Crippen LogP contribution in [0, 0.1) is 5.41 Å². The summed E-state index contributed by atoms with van der Waals surface area (Å²) in [5, 5.41) is 7.72. The molecule has 0 amide bonds. The number of hydrogen-bond donors (Lipinski definition) is 1. The number of benzene rings is 6. The minimum Gasteiger partial charge on any atom is -0.456 e. The highest BCUT2D eigenvalue weighted by Crippen LogP contribution is 2.37. The molecule has 5 heteroatoms. The maximum absolute atomic E-state index is 9.42. The van der Waals surface area contributed by atoms with Gasteiger partial charge in [-0.05, 0) is 35.3 Å². The van der Waals surface area contributed by atoms with Crippen LogP contribution in [0.2, 0.25) is 0 Å². The highest BCUT2D eigenvalue weighted by Gasteiger charge is 2.15. The molecule has 0 radical (unpaired) electrons. The Morgan fingerprint density at radius 2 is 1.43 bits per heavy atom. The molecule has 0 atom stereocenters. The normalized spacial score (nSPS) is 19.5. The van der Waals surface area contributed by atoms with Gasteiger partial charge < -0.3 is 4.42 Å². The SMILES string of the molecule is [2H]c1c([2H])c([2H])c(C(=N)N=C(N=Cc2c([2H])c([2H])c([2H])c3c2sc2c([2H])c([2H])c([2H])c([2H])c23)c2c([2H])c([2H])c3c(oc4c([2H])c([2H])c([2H])c(-c5c([2H])c([2H])c([2H])c([2H])c5[2H])c43)c2[2H])c([2H])c1[2H]. The predicted octanol–water partition coefficient (Wildman–Crippen LogP) is 10.5. The molecule has 0 fully saturated rings. The summed E-state index contributed by atoms with van der Waals surface area (Å²) in [5.41, 5.74) is -4.25. The molecule has 0 bridgehead atoms. The summed E-state index contributed by atoms with van der Waals surface area (Å²) in [6.45, 7) is 0. The van der Waals surface area contributed by atoms with Gasteiger partial charge in [0, 0.05) is 53.8 Å². The van der Waals surface area contributed by atoms with Gasteiger partial charge in [-0.2, -0.15) is 0 Å². The van der Waals surface area contributed by atoms with Crippen LogP contribution in [0.25, 0.3) is 53.2 Å². The van der Waals surface area contributed by atoms with Crippen molar-refractivity contribution in [2.45, 2.75) is 0 Å². The molecule has 0 unspecified atom stereocenters. The lowest BCUT2D eigenvalue weighted by molar-refractivity contribution is 0.669. The van der Waals surface area contributed by atoms with Crippen molar-refractivity contribution >= 4 is 71.3 Å². The second kappa shape index (κ2) is 10.9. The van der Waals surface area contributed by atoms with Gasteiger partial charge in [0.05, 0.1) is 31.5 Å². The first-order valence-corrected chi connectivity index (χ1v) is 13.4. The zero-order valence-electron chi connectivity index (χ0n) is 44.8. The summed E-state index contributed by atoms with van der Waals surface area (Å²) in [7, 11) is 0. The fourth-order valence-corrected chi connectivity index (χ4v) is 5.40. The topological polar surface area (TPSA) is 61.7 Å². The van der Waals surface area contributed by atoms with Gasteiger partial charge in [0.15, 0.2) is 11.7 Å². The van der Waals surface area contributed by atoms with Gasteiger partial charge in [-0.25, -0.2) is 9.98 Å². The summed E-state index contributed by atoms with van der Waals surface area (Å²) in [4.78, 5) is 8.41. The second-order valence-corrected chi connectivity index (χ2v) is 9.87. The van der Waals surface area contributed by atoms with Crippen LogP contribution in [0.3, 0.4) is 0 Å². The summed E-state index contributed by atoms with van der Waals surface area (Å²) in [6, 6.07) is -17.7. The van der Waals surface area contributed by atoms with Crippen molar-refractivity contribution in [1.82, 2.24) is 0 Å². The molecule has 0 aliphatic heterocycles. The third-order valence-corrected chi connectivity index (χ3v) is 7.42. The largest absolute Gasteiger partial charge is 0.456 e. The lowest BCUT2D eigenvalue weighted by atomic mass is 9.99. The van der Waals surface area contributed by atoms with Crippen LogP contribution in [0.4, 0.5) is 0 Å². The molecule has 6 aromatic carbocycles. The molecule has 0 saturated heterocycles. The van der Waals surface area contributed by atoms with Crippen LogP contribution in [0.15, 0.2) is 153 Å². The van der Waals surface area contributed by atoms with Crippen molar-refractivity contribution in [3.8, 4) is 11.1 Å². The van der Waals surface area contributed by atoms with Gasteiger partial charge in [0.2, 0.25) is 0 Å². The average Bonchev–Trinajstić information content (AvgIpc) is 3.90.